The standard InChI is InChI=1S/C10H13N3O2/c1-11-9(14)7-4-8(10(15)12-2)6-13(3)5-7/h4-6H,1-3H3,(H-,11,12,14,15)/p+1. The molecular weight excluding hydrogens is 194 g/mol. The van der Waals surface area contributed by atoms with Crippen molar-refractivity contribution in [2.45, 2.75) is 0 Å². The molecule has 0 aliphatic heterocycles. The normalized spacial score (nSPS) is 9.53. The number of carbonyl (C=O) groups excluding carboxylic acids is 2. The van der Waals surface area contributed by atoms with Crippen LogP contribution < -0.4 is 15.2 Å². The Hall–Kier alpha value is -1.91. The number of aryl methyl sites for hydroxylation is 1. The monoisotopic (exact) mass is 208 g/mol. The molecule has 2 N–H and O–H groups in total. The quantitative estimate of drug-likeness (QED) is 0.627. The van der Waals surface area contributed by atoms with E-state index in [1.807, 2.05) is 0 Å². The van der Waals surface area contributed by atoms with Gasteiger partial charge in [-0.15, -0.1) is 0 Å². The van der Waals surface area contributed by atoms with Gasteiger partial charge in [0.15, 0.2) is 12.4 Å². The lowest BCUT2D eigenvalue weighted by molar-refractivity contribution is -0.671. The van der Waals surface area contributed by atoms with E-state index in [9.17, 15) is 9.59 Å². The van der Waals surface area contributed by atoms with Crippen LogP contribution in [0.3, 0.4) is 0 Å². The molecule has 1 rings (SSSR count). The zero-order chi connectivity index (χ0) is 11.4. The third-order valence-electron chi connectivity index (χ3n) is 1.97. The number of rotatable bonds is 2. The first kappa shape index (κ1) is 11.2. The Labute approximate surface area is 88.1 Å². The van der Waals surface area contributed by atoms with E-state index in [4.69, 9.17) is 0 Å². The molecule has 0 aliphatic carbocycles. The molecule has 80 valence electrons. The van der Waals surface area contributed by atoms with Crippen LogP contribution in [0.2, 0.25) is 0 Å². The Morgan fingerprint density at radius 1 is 1.07 bits per heavy atom. The van der Waals surface area contributed by atoms with Crippen LogP contribution in [0.4, 0.5) is 0 Å². The third kappa shape index (κ3) is 2.52. The van der Waals surface area contributed by atoms with Gasteiger partial charge in [-0.3, -0.25) is 9.59 Å². The maximum Gasteiger partial charge on any atom is 0.257 e. The Kier molecular flexibility index (Phi) is 3.38. The summed E-state index contributed by atoms with van der Waals surface area (Å²) in [6, 6.07) is 1.55. The summed E-state index contributed by atoms with van der Waals surface area (Å²) in [7, 11) is 4.86. The lowest BCUT2D eigenvalue weighted by Crippen LogP contribution is -2.33. The second kappa shape index (κ2) is 4.54. The van der Waals surface area contributed by atoms with E-state index in [1.165, 1.54) is 0 Å². The topological polar surface area (TPSA) is 62.1 Å². The Morgan fingerprint density at radius 2 is 1.47 bits per heavy atom. The van der Waals surface area contributed by atoms with Crippen LogP contribution in [-0.2, 0) is 7.05 Å². The summed E-state index contributed by atoms with van der Waals surface area (Å²) in [5, 5.41) is 5.02. The van der Waals surface area contributed by atoms with Crippen LogP contribution in [-0.4, -0.2) is 25.9 Å². The van der Waals surface area contributed by atoms with Gasteiger partial charge in [-0.05, 0) is 6.07 Å². The van der Waals surface area contributed by atoms with Crippen LogP contribution in [0.1, 0.15) is 20.7 Å². The highest BCUT2D eigenvalue weighted by Gasteiger charge is 2.14. The predicted molar refractivity (Wildman–Crippen MR) is 54.4 cm³/mol. The van der Waals surface area contributed by atoms with Gasteiger partial charge < -0.3 is 10.6 Å². The summed E-state index contributed by atoms with van der Waals surface area (Å²) in [4.78, 5) is 22.7. The molecule has 1 aromatic rings. The molecule has 5 heteroatoms. The molecule has 0 bridgehead atoms. The van der Waals surface area contributed by atoms with Crippen molar-refractivity contribution < 1.29 is 14.2 Å². The molecule has 5 nitrogen and oxygen atoms in total. The van der Waals surface area contributed by atoms with Crippen molar-refractivity contribution in [1.29, 1.82) is 0 Å². The number of aromatic nitrogens is 1. The lowest BCUT2D eigenvalue weighted by Gasteiger charge is -2.01. The number of nitrogens with zero attached hydrogens (tertiary/aromatic N) is 1. The molecular formula is C10H14N3O2+. The Morgan fingerprint density at radius 3 is 1.80 bits per heavy atom. The van der Waals surface area contributed by atoms with Crippen molar-refractivity contribution in [3.05, 3.63) is 29.6 Å². The maximum absolute atomic E-state index is 11.4. The van der Waals surface area contributed by atoms with Crippen LogP contribution in [0, 0.1) is 0 Å². The highest BCUT2D eigenvalue weighted by molar-refractivity contribution is 5.98. The van der Waals surface area contributed by atoms with Crippen LogP contribution in [0.5, 0.6) is 0 Å². The molecule has 0 atom stereocenters. The first-order chi connectivity index (χ1) is 7.08. The summed E-state index contributed by atoms with van der Waals surface area (Å²) < 4.78 is 1.68. The fraction of sp³-hybridized carbons (Fsp3) is 0.300. The van der Waals surface area contributed by atoms with E-state index in [0.29, 0.717) is 11.1 Å². The average molecular weight is 208 g/mol. The SMILES string of the molecule is CNC(=O)c1cc(C(=O)NC)c[n+](C)c1. The molecule has 1 heterocycles. The van der Waals surface area contributed by atoms with Gasteiger partial charge in [-0.2, -0.15) is 0 Å². The van der Waals surface area contributed by atoms with E-state index in [-0.39, 0.29) is 11.8 Å². The fourth-order valence-corrected chi connectivity index (χ4v) is 1.26. The van der Waals surface area contributed by atoms with Gasteiger partial charge in [0.1, 0.15) is 18.2 Å². The molecule has 0 saturated heterocycles. The van der Waals surface area contributed by atoms with Crippen LogP contribution in [0.15, 0.2) is 18.5 Å². The first-order valence-electron chi connectivity index (χ1n) is 4.53. The molecule has 15 heavy (non-hydrogen) atoms. The number of nitrogens with one attached hydrogen (secondary N) is 2. The zero-order valence-electron chi connectivity index (χ0n) is 9.00. The number of hydrogen-bond donors (Lipinski definition) is 2. The fourth-order valence-electron chi connectivity index (χ4n) is 1.26. The van der Waals surface area contributed by atoms with E-state index in [0.717, 1.165) is 0 Å². The number of hydrogen-bond acceptors (Lipinski definition) is 2. The van der Waals surface area contributed by atoms with Crippen molar-refractivity contribution in [1.82, 2.24) is 10.6 Å². The van der Waals surface area contributed by atoms with Gasteiger partial charge in [0.2, 0.25) is 0 Å². The van der Waals surface area contributed by atoms with Gasteiger partial charge >= 0.3 is 0 Å². The van der Waals surface area contributed by atoms with Gasteiger partial charge in [0.05, 0.1) is 0 Å². The summed E-state index contributed by atoms with van der Waals surface area (Å²) in [5.41, 5.74) is 0.919. The van der Waals surface area contributed by atoms with Crippen molar-refractivity contribution in [2.75, 3.05) is 14.1 Å². The minimum atomic E-state index is -0.212. The second-order valence-electron chi connectivity index (χ2n) is 3.14. The van der Waals surface area contributed by atoms with Crippen LogP contribution in [0.25, 0.3) is 0 Å². The van der Waals surface area contributed by atoms with E-state index in [1.54, 1.807) is 44.2 Å². The molecule has 2 amide bonds. The summed E-state index contributed by atoms with van der Waals surface area (Å²) in [6.07, 6.45) is 3.32. The smallest absolute Gasteiger partial charge is 0.257 e. The van der Waals surface area contributed by atoms with Gasteiger partial charge in [0.25, 0.3) is 11.8 Å². The average Bonchev–Trinajstić information content (AvgIpc) is 2.26. The van der Waals surface area contributed by atoms with Crippen molar-refractivity contribution in [3.63, 3.8) is 0 Å². The summed E-state index contributed by atoms with van der Waals surface area (Å²) >= 11 is 0. The molecule has 0 unspecified atom stereocenters. The molecule has 0 aromatic carbocycles. The highest BCUT2D eigenvalue weighted by Crippen LogP contribution is 2.01. The Bertz CT molecular complexity index is 367. The van der Waals surface area contributed by atoms with E-state index >= 15 is 0 Å². The summed E-state index contributed by atoms with van der Waals surface area (Å²) in [6.45, 7) is 0. The van der Waals surface area contributed by atoms with Gasteiger partial charge in [-0.1, -0.05) is 0 Å². The van der Waals surface area contributed by atoms with Crippen molar-refractivity contribution in [2.24, 2.45) is 7.05 Å². The molecule has 0 saturated carbocycles. The largest absolute Gasteiger partial charge is 0.355 e. The predicted octanol–water partition coefficient (Wildman–Crippen LogP) is -0.770. The zero-order valence-corrected chi connectivity index (χ0v) is 9.00. The molecule has 0 aliphatic rings. The van der Waals surface area contributed by atoms with E-state index in [2.05, 4.69) is 10.6 Å². The first-order valence-corrected chi connectivity index (χ1v) is 4.53. The van der Waals surface area contributed by atoms with Crippen molar-refractivity contribution >= 4 is 11.8 Å². The lowest BCUT2D eigenvalue weighted by atomic mass is 10.2. The number of pyridine rings is 1. The number of amides is 2. The minimum Gasteiger partial charge on any atom is -0.355 e. The molecule has 0 spiro atoms. The summed E-state index contributed by atoms with van der Waals surface area (Å²) in [5.74, 6) is -0.423. The van der Waals surface area contributed by atoms with Gasteiger partial charge in [-0.25, -0.2) is 4.57 Å². The van der Waals surface area contributed by atoms with E-state index < -0.39 is 0 Å². The molecule has 0 fully saturated rings. The highest BCUT2D eigenvalue weighted by atomic mass is 16.2. The van der Waals surface area contributed by atoms with Crippen molar-refractivity contribution in [3.8, 4) is 0 Å². The van der Waals surface area contributed by atoms with Gasteiger partial charge in [0, 0.05) is 14.1 Å². The maximum atomic E-state index is 11.4. The van der Waals surface area contributed by atoms with Crippen LogP contribution >= 0.6 is 0 Å². The Balaban J connectivity index is 3.16. The second-order valence-corrected chi connectivity index (χ2v) is 3.14. The third-order valence-corrected chi connectivity index (χ3v) is 1.97. The molecule has 1 aromatic heterocycles. The number of carbonyl (C=O) groups is 2. The minimum absolute atomic E-state index is 0.212. The molecule has 0 radical (unpaired) electrons.